The minimum Gasteiger partial charge on any atom is -1.00 e. The third-order valence-corrected chi connectivity index (χ3v) is 0. The number of phosphoric acid groups is 1. The molecular weight excluding hydrogens is 208 g/mol. The van der Waals surface area contributed by atoms with Gasteiger partial charge in [0.25, 0.3) is 0 Å². The van der Waals surface area contributed by atoms with E-state index in [1.165, 1.54) is 0 Å². The minimum absolute atomic E-state index is 0. The molecule has 0 aliphatic carbocycles. The second kappa shape index (κ2) is 8.81. The molecule has 0 fully saturated rings. The molecule has 8 heteroatoms. The van der Waals surface area contributed by atoms with Gasteiger partial charge in [0.1, 0.15) is 0 Å². The first-order valence-electron chi connectivity index (χ1n) is 0.783. The van der Waals surface area contributed by atoms with Gasteiger partial charge in [-0.2, -0.15) is 0 Å². The summed E-state index contributed by atoms with van der Waals surface area (Å²) in [7, 11) is -4.64. The van der Waals surface area contributed by atoms with Gasteiger partial charge in [0.2, 0.25) is 0 Å². The molecule has 0 heterocycles. The summed E-state index contributed by atoms with van der Waals surface area (Å²) in [6, 6.07) is 0. The van der Waals surface area contributed by atoms with E-state index in [1.807, 2.05) is 0 Å². The summed E-state index contributed by atoms with van der Waals surface area (Å²) in [5, 5.41) is 0. The molecule has 8 heavy (non-hydrogen) atoms. The molecule has 0 saturated heterocycles. The predicted molar refractivity (Wildman–Crippen MR) is 15.4 cm³/mol. The van der Waals surface area contributed by atoms with Crippen molar-refractivity contribution in [2.75, 3.05) is 0 Å². The number of hydrogen-bond donors (Lipinski definition) is 3. The van der Waals surface area contributed by atoms with Crippen molar-refractivity contribution < 1.29 is 75.2 Å². The molecule has 0 saturated carbocycles. The van der Waals surface area contributed by atoms with Gasteiger partial charge in [-0.3, -0.25) is 0 Å². The van der Waals surface area contributed by atoms with Crippen LogP contribution in [-0.4, -0.2) is 14.7 Å². The zero-order valence-electron chi connectivity index (χ0n) is 5.02. The standard InChI is InChI=1S/Li.Mn.H3O4P.V.H/c;;1-5(2,3)4;;/h;;(H3,1,2,3,4);;/q+1;;;;-1. The second-order valence-electron chi connectivity index (χ2n) is 0.513. The molecule has 0 aliphatic heterocycles. The van der Waals surface area contributed by atoms with Gasteiger partial charge in [-0.05, 0) is 0 Å². The van der Waals surface area contributed by atoms with Crippen LogP contribution < -0.4 is 18.9 Å². The summed E-state index contributed by atoms with van der Waals surface area (Å²) in [4.78, 5) is 21.6. The Balaban J connectivity index is -0.0000000133. The first-order chi connectivity index (χ1) is 2.00. The Labute approximate surface area is 82.7 Å². The van der Waals surface area contributed by atoms with Gasteiger partial charge in [-0.25, -0.2) is 4.57 Å². The molecule has 0 aromatic rings. The Morgan fingerprint density at radius 3 is 1.25 bits per heavy atom. The zero-order chi connectivity index (χ0) is 4.50. The van der Waals surface area contributed by atoms with Crippen molar-refractivity contribution in [3.8, 4) is 0 Å². The van der Waals surface area contributed by atoms with Gasteiger partial charge in [0.05, 0.1) is 0 Å². The van der Waals surface area contributed by atoms with E-state index >= 15 is 0 Å². The van der Waals surface area contributed by atoms with E-state index in [9.17, 15) is 0 Å². The number of rotatable bonds is 0. The van der Waals surface area contributed by atoms with Crippen LogP contribution in [0.25, 0.3) is 0 Å². The summed E-state index contributed by atoms with van der Waals surface area (Å²) in [5.41, 5.74) is 0. The smallest absolute Gasteiger partial charge is 1.00 e. The molecule has 2 radical (unpaired) electrons. The third kappa shape index (κ3) is 110. The average molecular weight is 212 g/mol. The Bertz CT molecular complexity index is 66.7. The van der Waals surface area contributed by atoms with Gasteiger partial charge in [-0.15, -0.1) is 0 Å². The Hall–Kier alpha value is 1.81. The molecule has 4 nitrogen and oxygen atoms in total. The SMILES string of the molecule is O=P(O)(O)O.[H-].[Li+].[Mn].[V]. The first-order valence-corrected chi connectivity index (χ1v) is 2.35. The third-order valence-electron chi connectivity index (χ3n) is 0. The van der Waals surface area contributed by atoms with E-state index in [2.05, 4.69) is 0 Å². The van der Waals surface area contributed by atoms with E-state index in [-0.39, 0.29) is 55.9 Å². The fraction of sp³-hybridized carbons (Fsp3) is 0. The van der Waals surface area contributed by atoms with Crippen LogP contribution in [0, 0.1) is 0 Å². The van der Waals surface area contributed by atoms with E-state index < -0.39 is 7.82 Å². The summed E-state index contributed by atoms with van der Waals surface area (Å²) in [6.07, 6.45) is 0. The molecule has 0 aliphatic rings. The summed E-state index contributed by atoms with van der Waals surface area (Å²) < 4.78 is 8.88. The minimum atomic E-state index is -4.64. The van der Waals surface area contributed by atoms with Crippen LogP contribution in [-0.2, 0) is 40.2 Å². The molecule has 0 spiro atoms. The van der Waals surface area contributed by atoms with Crippen molar-refractivity contribution in [3.05, 3.63) is 0 Å². The fourth-order valence-corrected chi connectivity index (χ4v) is 0. The molecule has 3 N–H and O–H groups in total. The molecule has 0 bridgehead atoms. The van der Waals surface area contributed by atoms with Crippen molar-refractivity contribution in [1.29, 1.82) is 0 Å². The topological polar surface area (TPSA) is 77.8 Å². The average Bonchev–Trinajstić information content (AvgIpc) is 0.722. The maximum absolute atomic E-state index is 8.88. The van der Waals surface area contributed by atoms with Crippen LogP contribution in [0.15, 0.2) is 0 Å². The Kier molecular flexibility index (Phi) is 24.8. The van der Waals surface area contributed by atoms with Crippen LogP contribution in [0.2, 0.25) is 0 Å². The molecule has 0 amide bonds. The van der Waals surface area contributed by atoms with Crippen molar-refractivity contribution >= 4 is 7.82 Å². The summed E-state index contributed by atoms with van der Waals surface area (Å²) in [6.45, 7) is 0. The van der Waals surface area contributed by atoms with E-state index in [0.29, 0.717) is 0 Å². The van der Waals surface area contributed by atoms with E-state index in [4.69, 9.17) is 19.2 Å². The monoisotopic (exact) mass is 212 g/mol. The first kappa shape index (κ1) is 22.6. The van der Waals surface area contributed by atoms with Gasteiger partial charge in [0, 0.05) is 35.6 Å². The quantitative estimate of drug-likeness (QED) is 0.284. The predicted octanol–water partition coefficient (Wildman–Crippen LogP) is -3.82. The van der Waals surface area contributed by atoms with Crippen molar-refractivity contribution in [2.45, 2.75) is 0 Å². The normalized spacial score (nSPS) is 7.38. The molecular formula is H4LiMnO4PV. The molecule has 0 atom stereocenters. The maximum atomic E-state index is 8.88. The summed E-state index contributed by atoms with van der Waals surface area (Å²) >= 11 is 0. The van der Waals surface area contributed by atoms with Crippen LogP contribution in [0.5, 0.6) is 0 Å². The van der Waals surface area contributed by atoms with Crippen molar-refractivity contribution in [3.63, 3.8) is 0 Å². The zero-order valence-corrected chi connectivity index (χ0v) is 7.49. The molecule has 0 unspecified atom stereocenters. The Morgan fingerprint density at radius 1 is 1.25 bits per heavy atom. The van der Waals surface area contributed by atoms with Gasteiger partial charge in [0.15, 0.2) is 0 Å². The van der Waals surface area contributed by atoms with Crippen molar-refractivity contribution in [2.24, 2.45) is 0 Å². The van der Waals surface area contributed by atoms with Gasteiger partial charge in [-0.1, -0.05) is 0 Å². The van der Waals surface area contributed by atoms with Crippen LogP contribution in [0.3, 0.4) is 0 Å². The van der Waals surface area contributed by atoms with Crippen LogP contribution in [0.1, 0.15) is 1.43 Å². The fourth-order valence-electron chi connectivity index (χ4n) is 0. The number of hydrogen-bond acceptors (Lipinski definition) is 1. The van der Waals surface area contributed by atoms with Crippen LogP contribution >= 0.6 is 7.82 Å². The molecule has 0 aromatic carbocycles. The summed E-state index contributed by atoms with van der Waals surface area (Å²) in [5.74, 6) is 0. The van der Waals surface area contributed by atoms with E-state index in [0.717, 1.165) is 0 Å². The van der Waals surface area contributed by atoms with Crippen molar-refractivity contribution in [1.82, 2.24) is 0 Å². The van der Waals surface area contributed by atoms with Crippen LogP contribution in [0.4, 0.5) is 0 Å². The maximum Gasteiger partial charge on any atom is 1.00 e. The molecule has 46 valence electrons. The molecule has 0 rings (SSSR count). The van der Waals surface area contributed by atoms with E-state index in [1.54, 1.807) is 0 Å². The Morgan fingerprint density at radius 2 is 1.25 bits per heavy atom. The van der Waals surface area contributed by atoms with Gasteiger partial charge < -0.3 is 16.1 Å². The van der Waals surface area contributed by atoms with Gasteiger partial charge >= 0.3 is 26.7 Å². The molecule has 0 aromatic heterocycles. The largest absolute Gasteiger partial charge is 1.00 e. The second-order valence-corrected chi connectivity index (χ2v) is 1.54.